The summed E-state index contributed by atoms with van der Waals surface area (Å²) in [5.41, 5.74) is 0. The van der Waals surface area contributed by atoms with Crippen molar-refractivity contribution < 1.29 is 8.42 Å². The van der Waals surface area contributed by atoms with E-state index in [1.165, 1.54) is 12.1 Å². The normalized spacial score (nSPS) is 11.7. The van der Waals surface area contributed by atoms with Crippen molar-refractivity contribution in [3.8, 4) is 6.07 Å². The average Bonchev–Trinajstić information content (AvgIpc) is 2.77. The van der Waals surface area contributed by atoms with E-state index in [9.17, 15) is 8.42 Å². The van der Waals surface area contributed by atoms with Crippen LogP contribution < -0.4 is 4.72 Å². The van der Waals surface area contributed by atoms with Gasteiger partial charge in [-0.05, 0) is 24.5 Å². The van der Waals surface area contributed by atoms with E-state index in [1.807, 2.05) is 6.07 Å². The van der Waals surface area contributed by atoms with Crippen molar-refractivity contribution in [1.29, 1.82) is 5.26 Å². The van der Waals surface area contributed by atoms with E-state index in [2.05, 4.69) is 18.6 Å². The van der Waals surface area contributed by atoms with Crippen molar-refractivity contribution in [2.45, 2.75) is 37.3 Å². The predicted octanol–water partition coefficient (Wildman–Crippen LogP) is 2.72. The van der Waals surface area contributed by atoms with Gasteiger partial charge in [0.25, 0.3) is 0 Å². The topological polar surface area (TPSA) is 70.0 Å². The Morgan fingerprint density at radius 1 is 1.39 bits per heavy atom. The molecule has 1 aromatic heterocycles. The van der Waals surface area contributed by atoms with Crippen LogP contribution in [0.15, 0.2) is 16.3 Å². The first-order valence-corrected chi connectivity index (χ1v) is 8.25. The first-order chi connectivity index (χ1) is 8.45. The van der Waals surface area contributed by atoms with E-state index in [0.717, 1.165) is 30.6 Å². The van der Waals surface area contributed by atoms with Gasteiger partial charge in [-0.3, -0.25) is 0 Å². The molecule has 0 unspecified atom stereocenters. The van der Waals surface area contributed by atoms with Crippen LogP contribution in [0.4, 0.5) is 0 Å². The Morgan fingerprint density at radius 3 is 2.67 bits per heavy atom. The minimum atomic E-state index is -3.43. The van der Waals surface area contributed by atoms with Crippen LogP contribution in [0.1, 0.15) is 38.0 Å². The molecule has 1 heterocycles. The molecule has 6 heteroatoms. The standard InChI is InChI=1S/C12H18N2O2S2/c1-10(2)5-3-4-8-14-18(15,16)12-7-6-11(9-13)17-12/h6-7,10,14H,3-5,8H2,1-2H3. The maximum Gasteiger partial charge on any atom is 0.250 e. The molecule has 18 heavy (non-hydrogen) atoms. The fourth-order valence-electron chi connectivity index (χ4n) is 1.48. The molecule has 4 nitrogen and oxygen atoms in total. The van der Waals surface area contributed by atoms with Crippen molar-refractivity contribution in [2.24, 2.45) is 5.92 Å². The molecule has 0 amide bonds. The van der Waals surface area contributed by atoms with Crippen molar-refractivity contribution in [1.82, 2.24) is 4.72 Å². The van der Waals surface area contributed by atoms with E-state index in [-0.39, 0.29) is 4.21 Å². The van der Waals surface area contributed by atoms with Gasteiger partial charge in [-0.15, -0.1) is 11.3 Å². The number of rotatable bonds is 7. The second kappa shape index (κ2) is 6.88. The van der Waals surface area contributed by atoms with Crippen LogP contribution in [0.5, 0.6) is 0 Å². The maximum atomic E-state index is 11.8. The van der Waals surface area contributed by atoms with E-state index < -0.39 is 10.0 Å². The van der Waals surface area contributed by atoms with Crippen molar-refractivity contribution in [3.05, 3.63) is 17.0 Å². The lowest BCUT2D eigenvalue weighted by Gasteiger charge is -2.06. The number of unbranched alkanes of at least 4 members (excludes halogenated alkanes) is 1. The van der Waals surface area contributed by atoms with Crippen LogP contribution in [0, 0.1) is 17.2 Å². The molecule has 0 aliphatic heterocycles. The SMILES string of the molecule is CC(C)CCCCNS(=O)(=O)c1ccc(C#N)s1. The number of nitriles is 1. The molecule has 0 fully saturated rings. The molecule has 0 saturated carbocycles. The summed E-state index contributed by atoms with van der Waals surface area (Å²) in [6.07, 6.45) is 2.97. The minimum absolute atomic E-state index is 0.211. The highest BCUT2D eigenvalue weighted by Crippen LogP contribution is 2.20. The van der Waals surface area contributed by atoms with Gasteiger partial charge in [-0.25, -0.2) is 13.1 Å². The van der Waals surface area contributed by atoms with Gasteiger partial charge >= 0.3 is 0 Å². The molecule has 0 aliphatic rings. The number of hydrogen-bond acceptors (Lipinski definition) is 4. The van der Waals surface area contributed by atoms with E-state index in [1.54, 1.807) is 0 Å². The second-order valence-electron chi connectivity index (χ2n) is 4.52. The number of nitrogens with one attached hydrogen (secondary N) is 1. The van der Waals surface area contributed by atoms with Crippen LogP contribution in [0.25, 0.3) is 0 Å². The molecule has 0 saturated heterocycles. The van der Waals surface area contributed by atoms with Crippen LogP contribution in [0.2, 0.25) is 0 Å². The summed E-state index contributed by atoms with van der Waals surface area (Å²) >= 11 is 0.997. The third-order valence-corrected chi connectivity index (χ3v) is 5.40. The predicted molar refractivity (Wildman–Crippen MR) is 72.9 cm³/mol. The van der Waals surface area contributed by atoms with Gasteiger partial charge in [0.05, 0.1) is 0 Å². The lowest BCUT2D eigenvalue weighted by molar-refractivity contribution is 0.531. The second-order valence-corrected chi connectivity index (χ2v) is 7.60. The number of hydrogen-bond donors (Lipinski definition) is 1. The summed E-state index contributed by atoms with van der Waals surface area (Å²) in [6, 6.07) is 4.93. The summed E-state index contributed by atoms with van der Waals surface area (Å²) in [7, 11) is -3.43. The monoisotopic (exact) mass is 286 g/mol. The summed E-state index contributed by atoms with van der Waals surface area (Å²) < 4.78 is 26.5. The highest BCUT2D eigenvalue weighted by atomic mass is 32.2. The Kier molecular flexibility index (Phi) is 5.79. The molecule has 1 aromatic rings. The molecule has 0 spiro atoms. The lowest BCUT2D eigenvalue weighted by atomic mass is 10.1. The van der Waals surface area contributed by atoms with Gasteiger partial charge in [0.15, 0.2) is 0 Å². The van der Waals surface area contributed by atoms with E-state index >= 15 is 0 Å². The minimum Gasteiger partial charge on any atom is -0.210 e. The molecular formula is C12H18N2O2S2. The quantitative estimate of drug-likeness (QED) is 0.783. The van der Waals surface area contributed by atoms with Gasteiger partial charge in [-0.2, -0.15) is 5.26 Å². The summed E-state index contributed by atoms with van der Waals surface area (Å²) in [5.74, 6) is 0.650. The third kappa shape index (κ3) is 4.77. The van der Waals surface area contributed by atoms with Crippen molar-refractivity contribution >= 4 is 21.4 Å². The number of nitrogens with zero attached hydrogens (tertiary/aromatic N) is 1. The summed E-state index contributed by atoms with van der Waals surface area (Å²) in [6.45, 7) is 4.76. The van der Waals surface area contributed by atoms with Crippen LogP contribution in [-0.2, 0) is 10.0 Å². The molecule has 0 radical (unpaired) electrons. The van der Waals surface area contributed by atoms with Gasteiger partial charge in [-0.1, -0.05) is 26.7 Å². The van der Waals surface area contributed by atoms with E-state index in [0.29, 0.717) is 17.3 Å². The highest BCUT2D eigenvalue weighted by Gasteiger charge is 2.15. The molecule has 0 atom stereocenters. The number of thiophene rings is 1. The van der Waals surface area contributed by atoms with Crippen molar-refractivity contribution in [3.63, 3.8) is 0 Å². The molecule has 1 rings (SSSR count). The van der Waals surface area contributed by atoms with E-state index in [4.69, 9.17) is 5.26 Å². The Morgan fingerprint density at radius 2 is 2.11 bits per heavy atom. The average molecular weight is 286 g/mol. The van der Waals surface area contributed by atoms with Gasteiger partial charge in [0.2, 0.25) is 10.0 Å². The first kappa shape index (κ1) is 15.2. The van der Waals surface area contributed by atoms with Crippen LogP contribution in [-0.4, -0.2) is 15.0 Å². The molecule has 1 N–H and O–H groups in total. The molecular weight excluding hydrogens is 268 g/mol. The molecule has 0 aromatic carbocycles. The fourth-order valence-corrected chi connectivity index (χ4v) is 3.70. The Bertz CT molecular complexity index is 512. The Hall–Kier alpha value is -0.900. The highest BCUT2D eigenvalue weighted by molar-refractivity contribution is 7.91. The molecule has 0 bridgehead atoms. The van der Waals surface area contributed by atoms with Crippen LogP contribution in [0.3, 0.4) is 0 Å². The van der Waals surface area contributed by atoms with Gasteiger partial charge in [0.1, 0.15) is 15.2 Å². The Balaban J connectivity index is 2.43. The number of sulfonamides is 1. The zero-order chi connectivity index (χ0) is 13.6. The summed E-state index contributed by atoms with van der Waals surface area (Å²) in [4.78, 5) is 0.412. The smallest absolute Gasteiger partial charge is 0.210 e. The molecule has 100 valence electrons. The summed E-state index contributed by atoms with van der Waals surface area (Å²) in [5, 5.41) is 8.66. The molecule has 0 aliphatic carbocycles. The van der Waals surface area contributed by atoms with Gasteiger partial charge < -0.3 is 0 Å². The lowest BCUT2D eigenvalue weighted by Crippen LogP contribution is -2.24. The zero-order valence-electron chi connectivity index (χ0n) is 10.6. The van der Waals surface area contributed by atoms with Crippen molar-refractivity contribution in [2.75, 3.05) is 6.54 Å². The first-order valence-electron chi connectivity index (χ1n) is 5.95. The van der Waals surface area contributed by atoms with Crippen LogP contribution >= 0.6 is 11.3 Å². The largest absolute Gasteiger partial charge is 0.250 e. The van der Waals surface area contributed by atoms with Gasteiger partial charge in [0, 0.05) is 6.54 Å². The fraction of sp³-hybridized carbons (Fsp3) is 0.583. The zero-order valence-corrected chi connectivity index (χ0v) is 12.3. The Labute approximate surface area is 113 Å². The third-order valence-electron chi connectivity index (χ3n) is 2.46. The maximum absolute atomic E-state index is 11.8.